The third-order valence-corrected chi connectivity index (χ3v) is 7.21. The quantitative estimate of drug-likeness (QED) is 0.710. The molecule has 4 aliphatic rings. The lowest BCUT2D eigenvalue weighted by Crippen LogP contribution is -2.59. The fourth-order valence-corrected chi connectivity index (χ4v) is 5.29. The van der Waals surface area contributed by atoms with Gasteiger partial charge in [0.15, 0.2) is 0 Å². The smallest absolute Gasteiger partial charge is 0.255 e. The molecule has 0 aliphatic carbocycles. The minimum Gasteiger partial charge on any atom is -0.367 e. The van der Waals surface area contributed by atoms with E-state index in [0.29, 0.717) is 6.04 Å². The minimum atomic E-state index is -0.0661. The molecule has 2 aromatic rings. The van der Waals surface area contributed by atoms with Gasteiger partial charge in [0.1, 0.15) is 0 Å². The fourth-order valence-electron chi connectivity index (χ4n) is 5.29. The van der Waals surface area contributed by atoms with Crippen molar-refractivity contribution >= 4 is 17.0 Å². The summed E-state index contributed by atoms with van der Waals surface area (Å²) in [5, 5.41) is 4.71. The summed E-state index contributed by atoms with van der Waals surface area (Å²) in [6.45, 7) is 8.46. The van der Waals surface area contributed by atoms with Crippen LogP contribution in [0.1, 0.15) is 36.3 Å². The Morgan fingerprint density at radius 3 is 2.62 bits per heavy atom. The van der Waals surface area contributed by atoms with Crippen LogP contribution in [0.3, 0.4) is 0 Å². The highest BCUT2D eigenvalue weighted by atomic mass is 16.2. The number of likely N-dealkylation sites (tertiary alicyclic amines) is 2. The van der Waals surface area contributed by atoms with E-state index in [1.165, 1.54) is 32.4 Å². The Morgan fingerprint density at radius 1 is 1.00 bits per heavy atom. The van der Waals surface area contributed by atoms with Crippen LogP contribution >= 0.6 is 0 Å². The van der Waals surface area contributed by atoms with E-state index in [0.717, 1.165) is 52.7 Å². The number of nitrogens with zero attached hydrogens (tertiary/aromatic N) is 6. The number of hydrogen-bond acceptors (Lipinski definition) is 5. The molecule has 2 saturated heterocycles. The highest BCUT2D eigenvalue weighted by Crippen LogP contribution is 2.29. The number of fused-ring (bicyclic) bond motifs is 2. The van der Waals surface area contributed by atoms with Crippen LogP contribution in [0.2, 0.25) is 0 Å². The first-order chi connectivity index (χ1) is 16.5. The molecule has 174 valence electrons. The Labute approximate surface area is 200 Å². The van der Waals surface area contributed by atoms with Crippen molar-refractivity contribution in [2.75, 3.05) is 26.2 Å². The average Bonchev–Trinajstić information content (AvgIpc) is 3.22. The third kappa shape index (κ3) is 3.80. The van der Waals surface area contributed by atoms with E-state index >= 15 is 0 Å². The normalized spacial score (nSPS) is 23.1. The van der Waals surface area contributed by atoms with Gasteiger partial charge in [-0.25, -0.2) is 4.52 Å². The van der Waals surface area contributed by atoms with Crippen LogP contribution in [-0.2, 0) is 4.79 Å². The Kier molecular flexibility index (Phi) is 5.21. The molecule has 7 nitrogen and oxygen atoms in total. The van der Waals surface area contributed by atoms with E-state index in [9.17, 15) is 4.79 Å². The first kappa shape index (κ1) is 21.1. The number of amides is 1. The van der Waals surface area contributed by atoms with Crippen LogP contribution in [0, 0.1) is 13.8 Å². The summed E-state index contributed by atoms with van der Waals surface area (Å²) in [4.78, 5) is 24.6. The number of hydrogen-bond donors (Lipinski definition) is 0. The molecule has 0 atom stereocenters. The van der Waals surface area contributed by atoms with Gasteiger partial charge in [-0.1, -0.05) is 18.6 Å². The van der Waals surface area contributed by atoms with Gasteiger partial charge in [-0.05, 0) is 64.1 Å². The number of piperidine rings is 1. The molecule has 0 spiro atoms. The summed E-state index contributed by atoms with van der Waals surface area (Å²) in [5.74, 6) is -0.0661. The Morgan fingerprint density at radius 2 is 1.79 bits per heavy atom. The molecule has 4 aliphatic heterocycles. The third-order valence-electron chi connectivity index (χ3n) is 7.21. The van der Waals surface area contributed by atoms with Crippen molar-refractivity contribution in [2.24, 2.45) is 0 Å². The molecule has 1 amide bonds. The molecule has 34 heavy (non-hydrogen) atoms. The number of carbonyl (C=O) groups is 1. The monoisotopic (exact) mass is 454 g/mol. The zero-order valence-electron chi connectivity index (χ0n) is 19.8. The fraction of sp³-hybridized carbons (Fsp3) is 0.370. The topological polar surface area (TPSA) is 57.0 Å². The van der Waals surface area contributed by atoms with E-state index in [-0.39, 0.29) is 5.91 Å². The first-order valence-corrected chi connectivity index (χ1v) is 12.2. The molecule has 0 N–H and O–H groups in total. The van der Waals surface area contributed by atoms with Crippen molar-refractivity contribution in [2.45, 2.75) is 39.2 Å². The van der Waals surface area contributed by atoms with Gasteiger partial charge in [-0.15, -0.1) is 0 Å². The van der Waals surface area contributed by atoms with Crippen molar-refractivity contribution in [1.29, 1.82) is 0 Å². The van der Waals surface area contributed by atoms with Gasteiger partial charge in [0.05, 0.1) is 34.5 Å². The largest absolute Gasteiger partial charge is 0.367 e. The lowest BCUT2D eigenvalue weighted by atomic mass is 10.0. The van der Waals surface area contributed by atoms with E-state index in [4.69, 9.17) is 5.10 Å². The summed E-state index contributed by atoms with van der Waals surface area (Å²) in [6.07, 6.45) is 19.7. The predicted octanol–water partition coefficient (Wildman–Crippen LogP) is 3.59. The van der Waals surface area contributed by atoms with Crippen LogP contribution in [-0.4, -0.2) is 67.4 Å². The molecule has 2 fully saturated rings. The highest BCUT2D eigenvalue weighted by molar-refractivity contribution is 5.99. The average molecular weight is 455 g/mol. The van der Waals surface area contributed by atoms with E-state index in [1.54, 1.807) is 11.0 Å². The number of aryl methyl sites for hydroxylation is 2. The van der Waals surface area contributed by atoms with E-state index < -0.39 is 0 Å². The SMILES string of the molecule is Cc1cn2nc(C3=CC(=O)N4C=C(N5CC(N6CCCCC6)C5)C=C/C4=C\C=C3)cc2c(C)n1. The Balaban J connectivity index is 1.23. The molecule has 6 heterocycles. The molecule has 2 aromatic heterocycles. The maximum Gasteiger partial charge on any atom is 0.255 e. The first-order valence-electron chi connectivity index (χ1n) is 12.2. The summed E-state index contributed by atoms with van der Waals surface area (Å²) >= 11 is 0. The molecule has 7 heteroatoms. The lowest BCUT2D eigenvalue weighted by Gasteiger charge is -2.48. The van der Waals surface area contributed by atoms with Gasteiger partial charge < -0.3 is 4.90 Å². The molecular formula is C27H30N6O. The highest BCUT2D eigenvalue weighted by Gasteiger charge is 2.34. The maximum atomic E-state index is 13.3. The number of carbonyl (C=O) groups excluding carboxylic acids is 1. The van der Waals surface area contributed by atoms with Gasteiger partial charge >= 0.3 is 0 Å². The summed E-state index contributed by atoms with van der Waals surface area (Å²) in [7, 11) is 0. The Hall–Kier alpha value is -3.45. The predicted molar refractivity (Wildman–Crippen MR) is 133 cm³/mol. The van der Waals surface area contributed by atoms with Crippen molar-refractivity contribution in [3.8, 4) is 0 Å². The van der Waals surface area contributed by atoms with Gasteiger partial charge in [-0.3, -0.25) is 19.6 Å². The number of allylic oxidation sites excluding steroid dienone is 6. The second-order valence-corrected chi connectivity index (χ2v) is 9.63. The van der Waals surface area contributed by atoms with Crippen molar-refractivity contribution in [3.63, 3.8) is 0 Å². The molecule has 0 radical (unpaired) electrons. The molecular weight excluding hydrogens is 424 g/mol. The standard InChI is InChI=1S/C27H30N6O/c1-19-15-33-26(20(2)28-19)14-25(29-33)21-7-6-8-22-9-10-23(18-32(22)27(34)13-21)31-16-24(17-31)30-11-4-3-5-12-30/h6-10,13-15,18,24H,3-5,11-12,16-17H2,1-2H3/b7-6?,21-13?,22-8+. The second kappa shape index (κ2) is 8.40. The molecule has 6 rings (SSSR count). The number of aromatic nitrogens is 3. The summed E-state index contributed by atoms with van der Waals surface area (Å²) in [6, 6.07) is 2.64. The zero-order valence-corrected chi connectivity index (χ0v) is 19.8. The molecule has 0 saturated carbocycles. The second-order valence-electron chi connectivity index (χ2n) is 9.63. The van der Waals surface area contributed by atoms with Crippen LogP contribution in [0.15, 0.2) is 66.3 Å². The zero-order chi connectivity index (χ0) is 23.2. The van der Waals surface area contributed by atoms with Gasteiger partial charge in [-0.2, -0.15) is 5.10 Å². The van der Waals surface area contributed by atoms with Crippen LogP contribution in [0.25, 0.3) is 11.1 Å². The van der Waals surface area contributed by atoms with Crippen molar-refractivity contribution in [3.05, 3.63) is 83.4 Å². The summed E-state index contributed by atoms with van der Waals surface area (Å²) in [5.41, 5.74) is 6.32. The van der Waals surface area contributed by atoms with Crippen LogP contribution < -0.4 is 0 Å². The van der Waals surface area contributed by atoms with Gasteiger partial charge in [0.25, 0.3) is 5.91 Å². The minimum absolute atomic E-state index is 0.0661. The molecule has 0 aromatic carbocycles. The number of rotatable bonds is 3. The van der Waals surface area contributed by atoms with Gasteiger partial charge in [0.2, 0.25) is 0 Å². The molecule has 0 bridgehead atoms. The van der Waals surface area contributed by atoms with E-state index in [1.807, 2.05) is 61.1 Å². The molecule has 0 unspecified atom stereocenters. The maximum absolute atomic E-state index is 13.3. The van der Waals surface area contributed by atoms with Crippen LogP contribution in [0.4, 0.5) is 0 Å². The van der Waals surface area contributed by atoms with E-state index in [2.05, 4.69) is 20.9 Å². The lowest BCUT2D eigenvalue weighted by molar-refractivity contribution is -0.122. The van der Waals surface area contributed by atoms with Crippen LogP contribution in [0.5, 0.6) is 0 Å². The summed E-state index contributed by atoms with van der Waals surface area (Å²) < 4.78 is 1.84. The Bertz CT molecular complexity index is 1300. The van der Waals surface area contributed by atoms with Crippen molar-refractivity contribution in [1.82, 2.24) is 29.3 Å². The van der Waals surface area contributed by atoms with Crippen molar-refractivity contribution < 1.29 is 4.79 Å². The van der Waals surface area contributed by atoms with Gasteiger partial charge in [0, 0.05) is 42.7 Å².